The number of carbonyl (C=O) groups excluding carboxylic acids is 2. The monoisotopic (exact) mass is 418 g/mol. The lowest BCUT2D eigenvalue weighted by molar-refractivity contribution is 0.102. The van der Waals surface area contributed by atoms with Gasteiger partial charge in [-0.05, 0) is 68.6 Å². The molecule has 0 saturated heterocycles. The van der Waals surface area contributed by atoms with Gasteiger partial charge in [0.1, 0.15) is 0 Å². The Hall–Kier alpha value is -3.45. The molecular weight excluding hydrogens is 396 g/mol. The van der Waals surface area contributed by atoms with Gasteiger partial charge in [-0.2, -0.15) is 0 Å². The molecule has 0 saturated carbocycles. The fraction of sp³-hybridized carbons (Fsp3) is 0.174. The molecule has 2 aromatic heterocycles. The van der Waals surface area contributed by atoms with Gasteiger partial charge in [-0.3, -0.25) is 14.9 Å². The van der Waals surface area contributed by atoms with Gasteiger partial charge < -0.3 is 9.88 Å². The van der Waals surface area contributed by atoms with Crippen molar-refractivity contribution < 1.29 is 9.59 Å². The summed E-state index contributed by atoms with van der Waals surface area (Å²) in [6.07, 6.45) is 0. The lowest BCUT2D eigenvalue weighted by atomic mass is 10.1. The molecule has 2 amide bonds. The van der Waals surface area contributed by atoms with E-state index in [0.717, 1.165) is 11.0 Å². The maximum atomic E-state index is 12.8. The summed E-state index contributed by atoms with van der Waals surface area (Å²) in [5.41, 5.74) is 2.65. The van der Waals surface area contributed by atoms with Crippen LogP contribution < -0.4 is 10.6 Å². The molecule has 0 aliphatic rings. The Bertz CT molecular complexity index is 1200. The van der Waals surface area contributed by atoms with E-state index in [2.05, 4.69) is 36.4 Å². The number of rotatable bonds is 4. The molecule has 0 fully saturated rings. The topological polar surface area (TPSA) is 76.0 Å². The Morgan fingerprint density at radius 1 is 0.900 bits per heavy atom. The Morgan fingerprint density at radius 2 is 1.63 bits per heavy atom. The molecule has 6 nitrogen and oxygen atoms in total. The summed E-state index contributed by atoms with van der Waals surface area (Å²) in [6.45, 7) is 6.21. The van der Waals surface area contributed by atoms with Crippen molar-refractivity contribution in [2.45, 2.75) is 26.3 Å². The molecule has 152 valence electrons. The fourth-order valence-corrected chi connectivity index (χ4v) is 3.89. The molecule has 30 heavy (non-hydrogen) atoms. The van der Waals surface area contributed by atoms with Crippen LogP contribution in [0.4, 0.5) is 11.6 Å². The average Bonchev–Trinajstić information content (AvgIpc) is 3.35. The first kappa shape index (κ1) is 19.8. The van der Waals surface area contributed by atoms with Crippen molar-refractivity contribution >= 4 is 45.8 Å². The number of nitrogens with one attached hydrogen (secondary N) is 2. The zero-order valence-electron chi connectivity index (χ0n) is 17.0. The summed E-state index contributed by atoms with van der Waals surface area (Å²) < 4.78 is 2.02. The van der Waals surface area contributed by atoms with E-state index < -0.39 is 0 Å². The normalized spacial score (nSPS) is 11.4. The van der Waals surface area contributed by atoms with Crippen LogP contribution in [-0.2, 0) is 5.54 Å². The molecule has 0 bridgehead atoms. The first-order valence-electron chi connectivity index (χ1n) is 9.57. The Labute approximate surface area is 178 Å². The first-order valence-corrected chi connectivity index (χ1v) is 10.4. The molecule has 4 rings (SSSR count). The van der Waals surface area contributed by atoms with E-state index in [1.807, 2.05) is 40.3 Å². The number of carbonyl (C=O) groups is 2. The smallest absolute Gasteiger partial charge is 0.265 e. The van der Waals surface area contributed by atoms with E-state index >= 15 is 0 Å². The van der Waals surface area contributed by atoms with E-state index in [4.69, 9.17) is 0 Å². The van der Waals surface area contributed by atoms with E-state index in [0.29, 0.717) is 22.1 Å². The van der Waals surface area contributed by atoms with Crippen LogP contribution in [0.3, 0.4) is 0 Å². The van der Waals surface area contributed by atoms with E-state index in [9.17, 15) is 9.59 Å². The molecular formula is C23H22N4O2S. The number of nitrogens with zero attached hydrogens (tertiary/aromatic N) is 2. The Kier molecular flexibility index (Phi) is 5.13. The Morgan fingerprint density at radius 3 is 2.30 bits per heavy atom. The summed E-state index contributed by atoms with van der Waals surface area (Å²) in [5, 5.41) is 7.62. The van der Waals surface area contributed by atoms with Crippen LogP contribution in [0.25, 0.3) is 11.0 Å². The third-order valence-corrected chi connectivity index (χ3v) is 5.48. The third kappa shape index (κ3) is 3.97. The summed E-state index contributed by atoms with van der Waals surface area (Å²) in [6, 6.07) is 18.2. The third-order valence-electron chi connectivity index (χ3n) is 4.61. The molecule has 2 N–H and O–H groups in total. The maximum absolute atomic E-state index is 12.8. The molecule has 4 aromatic rings. The molecule has 0 atom stereocenters. The van der Waals surface area contributed by atoms with Crippen molar-refractivity contribution in [3.05, 3.63) is 76.5 Å². The zero-order valence-corrected chi connectivity index (χ0v) is 17.8. The van der Waals surface area contributed by atoms with Crippen LogP contribution in [0, 0.1) is 0 Å². The van der Waals surface area contributed by atoms with Gasteiger partial charge in [-0.25, -0.2) is 4.98 Å². The highest BCUT2D eigenvalue weighted by atomic mass is 32.1. The Balaban J connectivity index is 1.54. The van der Waals surface area contributed by atoms with Gasteiger partial charge >= 0.3 is 0 Å². The average molecular weight is 419 g/mol. The second-order valence-electron chi connectivity index (χ2n) is 7.89. The molecule has 7 heteroatoms. The number of para-hydroxylation sites is 2. The minimum absolute atomic E-state index is 0.166. The number of hydrogen-bond acceptors (Lipinski definition) is 4. The second kappa shape index (κ2) is 7.76. The highest BCUT2D eigenvalue weighted by Gasteiger charge is 2.23. The minimum Gasteiger partial charge on any atom is -0.321 e. The standard InChI is InChI=1S/C23H22N4O2S/c1-23(2,3)27-18-8-5-4-7-17(18)25-22(27)26-20(28)15-10-12-16(13-11-15)24-21(29)19-9-6-14-30-19/h4-14H,1-3H3,(H,24,29)(H,25,26,28). The lowest BCUT2D eigenvalue weighted by Gasteiger charge is -2.24. The van der Waals surface area contributed by atoms with Crippen LogP contribution in [0.1, 0.15) is 40.8 Å². The van der Waals surface area contributed by atoms with Gasteiger partial charge in [0.05, 0.1) is 15.9 Å². The number of fused-ring (bicyclic) bond motifs is 1. The highest BCUT2D eigenvalue weighted by molar-refractivity contribution is 7.12. The zero-order chi connectivity index (χ0) is 21.3. The van der Waals surface area contributed by atoms with Crippen molar-refractivity contribution in [1.29, 1.82) is 0 Å². The summed E-state index contributed by atoms with van der Waals surface area (Å²) in [7, 11) is 0. The number of aromatic nitrogens is 2. The van der Waals surface area contributed by atoms with Crippen molar-refractivity contribution in [2.75, 3.05) is 10.6 Å². The van der Waals surface area contributed by atoms with Crippen LogP contribution in [0.5, 0.6) is 0 Å². The van der Waals surface area contributed by atoms with Gasteiger partial charge in [-0.1, -0.05) is 18.2 Å². The lowest BCUT2D eigenvalue weighted by Crippen LogP contribution is -2.25. The molecule has 0 aliphatic carbocycles. The molecule has 0 radical (unpaired) electrons. The summed E-state index contributed by atoms with van der Waals surface area (Å²) in [5.74, 6) is 0.0804. The number of benzene rings is 2. The van der Waals surface area contributed by atoms with Gasteiger partial charge in [-0.15, -0.1) is 11.3 Å². The number of amides is 2. The molecule has 0 aliphatic heterocycles. The SMILES string of the molecule is CC(C)(C)n1c(NC(=O)c2ccc(NC(=O)c3cccs3)cc2)nc2ccccc21. The number of imidazole rings is 1. The second-order valence-corrected chi connectivity index (χ2v) is 8.84. The number of hydrogen-bond donors (Lipinski definition) is 2. The van der Waals surface area contributed by atoms with Gasteiger partial charge in [0.15, 0.2) is 0 Å². The highest BCUT2D eigenvalue weighted by Crippen LogP contribution is 2.28. The van der Waals surface area contributed by atoms with E-state index in [1.54, 1.807) is 30.3 Å². The van der Waals surface area contributed by atoms with Crippen LogP contribution in [0.15, 0.2) is 66.0 Å². The van der Waals surface area contributed by atoms with Gasteiger partial charge in [0, 0.05) is 16.8 Å². The van der Waals surface area contributed by atoms with E-state index in [1.165, 1.54) is 11.3 Å². The van der Waals surface area contributed by atoms with Crippen molar-refractivity contribution in [3.8, 4) is 0 Å². The summed E-state index contributed by atoms with van der Waals surface area (Å²) in [4.78, 5) is 30.2. The van der Waals surface area contributed by atoms with E-state index in [-0.39, 0.29) is 17.4 Å². The maximum Gasteiger partial charge on any atom is 0.265 e. The predicted octanol–water partition coefficient (Wildman–Crippen LogP) is 5.36. The van der Waals surface area contributed by atoms with Crippen LogP contribution in [0.2, 0.25) is 0 Å². The van der Waals surface area contributed by atoms with Crippen molar-refractivity contribution in [1.82, 2.24) is 9.55 Å². The summed E-state index contributed by atoms with van der Waals surface area (Å²) >= 11 is 1.38. The van der Waals surface area contributed by atoms with Gasteiger partial charge in [0.2, 0.25) is 5.95 Å². The molecule has 2 heterocycles. The molecule has 2 aromatic carbocycles. The minimum atomic E-state index is -0.257. The largest absolute Gasteiger partial charge is 0.321 e. The van der Waals surface area contributed by atoms with Crippen LogP contribution in [-0.4, -0.2) is 21.4 Å². The number of thiophene rings is 1. The molecule has 0 spiro atoms. The first-order chi connectivity index (χ1) is 14.3. The van der Waals surface area contributed by atoms with Crippen molar-refractivity contribution in [2.24, 2.45) is 0 Å². The van der Waals surface area contributed by atoms with Crippen LogP contribution >= 0.6 is 11.3 Å². The van der Waals surface area contributed by atoms with Crippen molar-refractivity contribution in [3.63, 3.8) is 0 Å². The molecule has 0 unspecified atom stereocenters. The quantitative estimate of drug-likeness (QED) is 0.469. The predicted molar refractivity (Wildman–Crippen MR) is 121 cm³/mol. The fourth-order valence-electron chi connectivity index (χ4n) is 3.27. The number of anilines is 2. The van der Waals surface area contributed by atoms with Gasteiger partial charge in [0.25, 0.3) is 11.8 Å².